The van der Waals surface area contributed by atoms with Gasteiger partial charge in [-0.25, -0.2) is 0 Å². The van der Waals surface area contributed by atoms with E-state index in [1.54, 1.807) is 4.90 Å². The van der Waals surface area contributed by atoms with Crippen LogP contribution < -0.4 is 10.2 Å². The Bertz CT molecular complexity index is 765. The van der Waals surface area contributed by atoms with Crippen molar-refractivity contribution in [3.8, 4) is 0 Å². The molecule has 4 nitrogen and oxygen atoms in total. The fraction of sp³-hybridized carbons (Fsp3) is 0.300. The topological polar surface area (TPSA) is 49.4 Å². The van der Waals surface area contributed by atoms with E-state index < -0.39 is 0 Å². The number of nitrogens with one attached hydrogen (secondary N) is 1. The molecule has 1 atom stereocenters. The number of fused-ring (bicyclic) bond motifs is 1. The highest BCUT2D eigenvalue weighted by molar-refractivity contribution is 6.10. The molecule has 0 saturated heterocycles. The maximum Gasteiger partial charge on any atom is 0.258 e. The number of amides is 2. The normalized spacial score (nSPS) is 14.7. The van der Waals surface area contributed by atoms with Crippen LogP contribution in [0.4, 0.5) is 5.69 Å². The molecule has 124 valence electrons. The summed E-state index contributed by atoms with van der Waals surface area (Å²) in [6, 6.07) is 15.5. The Morgan fingerprint density at radius 1 is 1.04 bits per heavy atom. The largest absolute Gasteiger partial charge is 0.353 e. The van der Waals surface area contributed by atoms with Crippen LogP contribution in [0.2, 0.25) is 0 Å². The first kappa shape index (κ1) is 16.2. The van der Waals surface area contributed by atoms with E-state index in [1.807, 2.05) is 69.3 Å². The molecule has 0 bridgehead atoms. The fourth-order valence-electron chi connectivity index (χ4n) is 2.97. The van der Waals surface area contributed by atoms with E-state index in [4.69, 9.17) is 0 Å². The van der Waals surface area contributed by atoms with Crippen LogP contribution in [0.1, 0.15) is 48.2 Å². The third kappa shape index (κ3) is 3.04. The summed E-state index contributed by atoms with van der Waals surface area (Å²) in [6.07, 6.45) is 0. The van der Waals surface area contributed by atoms with Crippen molar-refractivity contribution in [1.29, 1.82) is 0 Å². The second-order valence-corrected chi connectivity index (χ2v) is 6.52. The second kappa shape index (κ2) is 6.48. The van der Waals surface area contributed by atoms with Crippen LogP contribution in [0, 0.1) is 0 Å². The first-order valence-corrected chi connectivity index (χ1v) is 8.27. The number of hydrogen-bond donors (Lipinski definition) is 1. The van der Waals surface area contributed by atoms with E-state index in [2.05, 4.69) is 5.32 Å². The Labute approximate surface area is 142 Å². The van der Waals surface area contributed by atoms with Gasteiger partial charge in [0.15, 0.2) is 0 Å². The summed E-state index contributed by atoms with van der Waals surface area (Å²) >= 11 is 0. The van der Waals surface area contributed by atoms with Crippen molar-refractivity contribution in [2.75, 3.05) is 4.90 Å². The summed E-state index contributed by atoms with van der Waals surface area (Å²) < 4.78 is 0. The number of hydrogen-bond acceptors (Lipinski definition) is 2. The highest BCUT2D eigenvalue weighted by Crippen LogP contribution is 2.29. The van der Waals surface area contributed by atoms with Crippen LogP contribution in [0.15, 0.2) is 48.5 Å². The Morgan fingerprint density at radius 2 is 1.71 bits per heavy atom. The molecule has 0 saturated carbocycles. The number of anilines is 1. The average Bonchev–Trinajstić information content (AvgIpc) is 2.91. The number of benzene rings is 2. The van der Waals surface area contributed by atoms with Crippen molar-refractivity contribution in [3.63, 3.8) is 0 Å². The highest BCUT2D eigenvalue weighted by atomic mass is 16.2. The lowest BCUT2D eigenvalue weighted by Crippen LogP contribution is -2.33. The molecule has 24 heavy (non-hydrogen) atoms. The van der Waals surface area contributed by atoms with Gasteiger partial charge in [0.25, 0.3) is 5.91 Å². The van der Waals surface area contributed by atoms with Gasteiger partial charge >= 0.3 is 0 Å². The van der Waals surface area contributed by atoms with E-state index in [0.29, 0.717) is 6.54 Å². The molecule has 2 aromatic rings. The van der Waals surface area contributed by atoms with Gasteiger partial charge in [0.1, 0.15) is 0 Å². The summed E-state index contributed by atoms with van der Waals surface area (Å²) in [4.78, 5) is 26.4. The SMILES string of the molecule is CC(C)NC(=O)C(C)c1ccc(N2Cc3ccccc3C2=O)cc1. The van der Waals surface area contributed by atoms with E-state index in [0.717, 1.165) is 22.4 Å². The standard InChI is InChI=1S/C20H22N2O2/c1-13(2)21-19(23)14(3)15-8-10-17(11-9-15)22-12-16-6-4-5-7-18(16)20(22)24/h4-11,13-14H,12H2,1-3H3,(H,21,23). The van der Waals surface area contributed by atoms with Crippen molar-refractivity contribution in [1.82, 2.24) is 5.32 Å². The summed E-state index contributed by atoms with van der Waals surface area (Å²) in [5.41, 5.74) is 3.62. The number of carbonyl (C=O) groups is 2. The van der Waals surface area contributed by atoms with E-state index in [1.165, 1.54) is 0 Å². The molecule has 2 amide bonds. The van der Waals surface area contributed by atoms with Crippen molar-refractivity contribution < 1.29 is 9.59 Å². The molecule has 0 radical (unpaired) electrons. The van der Waals surface area contributed by atoms with Crippen LogP contribution >= 0.6 is 0 Å². The quantitative estimate of drug-likeness (QED) is 0.937. The molecule has 3 rings (SSSR count). The second-order valence-electron chi connectivity index (χ2n) is 6.52. The zero-order valence-electron chi connectivity index (χ0n) is 14.2. The van der Waals surface area contributed by atoms with Gasteiger partial charge in [0, 0.05) is 17.3 Å². The fourth-order valence-corrected chi connectivity index (χ4v) is 2.97. The minimum atomic E-state index is -0.215. The molecule has 1 heterocycles. The molecule has 0 aromatic heterocycles. The minimum Gasteiger partial charge on any atom is -0.353 e. The van der Waals surface area contributed by atoms with Crippen LogP contribution in [-0.4, -0.2) is 17.9 Å². The number of nitrogens with zero attached hydrogens (tertiary/aromatic N) is 1. The Balaban J connectivity index is 1.76. The molecular formula is C20H22N2O2. The van der Waals surface area contributed by atoms with Gasteiger partial charge in [-0.3, -0.25) is 9.59 Å². The van der Waals surface area contributed by atoms with Crippen LogP contribution in [0.5, 0.6) is 0 Å². The molecule has 0 spiro atoms. The Morgan fingerprint density at radius 3 is 2.33 bits per heavy atom. The molecule has 1 N–H and O–H groups in total. The predicted octanol–water partition coefficient (Wildman–Crippen LogP) is 3.48. The van der Waals surface area contributed by atoms with Crippen molar-refractivity contribution in [2.45, 2.75) is 39.3 Å². The molecule has 1 aliphatic heterocycles. The van der Waals surface area contributed by atoms with Crippen molar-refractivity contribution in [3.05, 3.63) is 65.2 Å². The molecule has 0 fully saturated rings. The van der Waals surface area contributed by atoms with Crippen LogP contribution in [0.25, 0.3) is 0 Å². The Kier molecular flexibility index (Phi) is 4.38. The van der Waals surface area contributed by atoms with E-state index in [9.17, 15) is 9.59 Å². The average molecular weight is 322 g/mol. The summed E-state index contributed by atoms with van der Waals surface area (Å²) in [6.45, 7) is 6.38. The molecule has 0 aliphatic carbocycles. The van der Waals surface area contributed by atoms with Crippen molar-refractivity contribution >= 4 is 17.5 Å². The monoisotopic (exact) mass is 322 g/mol. The van der Waals surface area contributed by atoms with Gasteiger partial charge in [-0.05, 0) is 50.1 Å². The molecule has 4 heteroatoms. The lowest BCUT2D eigenvalue weighted by molar-refractivity contribution is -0.122. The lowest BCUT2D eigenvalue weighted by Gasteiger charge is -2.18. The van der Waals surface area contributed by atoms with E-state index in [-0.39, 0.29) is 23.8 Å². The molecule has 2 aromatic carbocycles. The van der Waals surface area contributed by atoms with Gasteiger partial charge in [-0.1, -0.05) is 30.3 Å². The Hall–Kier alpha value is -2.62. The minimum absolute atomic E-state index is 0.0161. The molecular weight excluding hydrogens is 300 g/mol. The number of rotatable bonds is 4. The van der Waals surface area contributed by atoms with Gasteiger partial charge < -0.3 is 10.2 Å². The zero-order valence-corrected chi connectivity index (χ0v) is 14.2. The lowest BCUT2D eigenvalue weighted by atomic mass is 9.99. The first-order chi connectivity index (χ1) is 11.5. The number of carbonyl (C=O) groups excluding carboxylic acids is 2. The maximum atomic E-state index is 12.5. The van der Waals surface area contributed by atoms with Crippen LogP contribution in [0.3, 0.4) is 0 Å². The zero-order chi connectivity index (χ0) is 17.3. The molecule has 1 aliphatic rings. The molecule has 1 unspecified atom stereocenters. The third-order valence-corrected chi connectivity index (χ3v) is 4.35. The van der Waals surface area contributed by atoms with E-state index >= 15 is 0 Å². The van der Waals surface area contributed by atoms with Crippen LogP contribution in [-0.2, 0) is 11.3 Å². The maximum absolute atomic E-state index is 12.5. The highest BCUT2D eigenvalue weighted by Gasteiger charge is 2.28. The predicted molar refractivity (Wildman–Crippen MR) is 95.1 cm³/mol. The third-order valence-electron chi connectivity index (χ3n) is 4.35. The summed E-state index contributed by atoms with van der Waals surface area (Å²) in [5.74, 6) is -0.167. The summed E-state index contributed by atoms with van der Waals surface area (Å²) in [7, 11) is 0. The van der Waals surface area contributed by atoms with Gasteiger partial charge in [-0.2, -0.15) is 0 Å². The van der Waals surface area contributed by atoms with Gasteiger partial charge in [0.05, 0.1) is 12.5 Å². The van der Waals surface area contributed by atoms with Gasteiger partial charge in [-0.15, -0.1) is 0 Å². The summed E-state index contributed by atoms with van der Waals surface area (Å²) in [5, 5.41) is 2.93. The smallest absolute Gasteiger partial charge is 0.258 e. The van der Waals surface area contributed by atoms with Gasteiger partial charge in [0.2, 0.25) is 5.91 Å². The first-order valence-electron chi connectivity index (χ1n) is 8.27. The van der Waals surface area contributed by atoms with Crippen molar-refractivity contribution in [2.24, 2.45) is 0 Å².